The molecule has 2 aliphatic rings. The predicted molar refractivity (Wildman–Crippen MR) is 91.2 cm³/mol. The highest BCUT2D eigenvalue weighted by molar-refractivity contribution is 7.90. The Morgan fingerprint density at radius 3 is 2.67 bits per heavy atom. The van der Waals surface area contributed by atoms with Crippen molar-refractivity contribution in [3.05, 3.63) is 24.8 Å². The van der Waals surface area contributed by atoms with Crippen LogP contribution in [0.4, 0.5) is 0 Å². The molecule has 24 heavy (non-hydrogen) atoms. The lowest BCUT2D eigenvalue weighted by Gasteiger charge is -2.32. The summed E-state index contributed by atoms with van der Waals surface area (Å²) in [6, 6.07) is 2.30. The van der Waals surface area contributed by atoms with E-state index in [2.05, 4.69) is 19.5 Å². The minimum atomic E-state index is -3.06. The van der Waals surface area contributed by atoms with E-state index in [4.69, 9.17) is 0 Å². The molecule has 3 aromatic heterocycles. The molecule has 3 aromatic rings. The summed E-state index contributed by atoms with van der Waals surface area (Å²) in [4.78, 5) is 12.0. The average molecular weight is 345 g/mol. The largest absolute Gasteiger partial charge is 0.346 e. The fourth-order valence-corrected chi connectivity index (χ4v) is 5.63. The van der Waals surface area contributed by atoms with E-state index >= 15 is 0 Å². The first-order valence-electron chi connectivity index (χ1n) is 8.42. The van der Waals surface area contributed by atoms with Gasteiger partial charge in [-0.15, -0.1) is 0 Å². The Balaban J connectivity index is 1.46. The third kappa shape index (κ3) is 2.09. The van der Waals surface area contributed by atoms with Crippen LogP contribution in [0.3, 0.4) is 0 Å². The second-order valence-electron chi connectivity index (χ2n) is 6.76. The van der Waals surface area contributed by atoms with Crippen LogP contribution in [0, 0.1) is 0 Å². The van der Waals surface area contributed by atoms with Crippen molar-refractivity contribution in [1.29, 1.82) is 0 Å². The second kappa shape index (κ2) is 5.03. The highest BCUT2D eigenvalue weighted by Gasteiger charge is 2.41. The molecule has 1 saturated heterocycles. The number of piperidine rings is 1. The first-order valence-corrected chi connectivity index (χ1v) is 9.92. The van der Waals surface area contributed by atoms with Crippen molar-refractivity contribution in [1.82, 2.24) is 23.8 Å². The minimum absolute atomic E-state index is 0.117. The van der Waals surface area contributed by atoms with Crippen molar-refractivity contribution in [2.75, 3.05) is 13.1 Å². The van der Waals surface area contributed by atoms with Gasteiger partial charge < -0.3 is 9.55 Å². The number of hydrogen-bond donors (Lipinski definition) is 1. The van der Waals surface area contributed by atoms with Crippen LogP contribution in [0.1, 0.15) is 31.7 Å². The first-order chi connectivity index (χ1) is 11.6. The van der Waals surface area contributed by atoms with Gasteiger partial charge in [0, 0.05) is 30.7 Å². The van der Waals surface area contributed by atoms with E-state index < -0.39 is 10.0 Å². The van der Waals surface area contributed by atoms with E-state index in [9.17, 15) is 8.42 Å². The molecule has 0 amide bonds. The minimum Gasteiger partial charge on any atom is -0.346 e. The maximum atomic E-state index is 12.4. The maximum absolute atomic E-state index is 12.4. The van der Waals surface area contributed by atoms with Gasteiger partial charge in [-0.25, -0.2) is 22.7 Å². The standard InChI is InChI=1S/C16H19N5O2S/c22-24(23,12-1-2-12)20-7-4-11(5-8-20)21-10-19-14-9-18-16-13(15(14)21)3-6-17-16/h3,6,9-12H,1-2,4-5,7-8H2,(H,17,18). The third-order valence-corrected chi connectivity index (χ3v) is 7.64. The fourth-order valence-electron chi connectivity index (χ4n) is 3.76. The Kier molecular flexibility index (Phi) is 3.02. The molecule has 0 radical (unpaired) electrons. The number of aromatic amines is 1. The van der Waals surface area contributed by atoms with Crippen LogP contribution < -0.4 is 0 Å². The molecule has 126 valence electrons. The second-order valence-corrected chi connectivity index (χ2v) is 8.97. The Morgan fingerprint density at radius 2 is 1.92 bits per heavy atom. The summed E-state index contributed by atoms with van der Waals surface area (Å²) in [5.41, 5.74) is 2.83. The van der Waals surface area contributed by atoms with Gasteiger partial charge in [0.05, 0.1) is 23.3 Å². The SMILES string of the molecule is O=S(=O)(C1CC1)N1CCC(n2cnc3cnc4[nH]ccc4c32)CC1. The molecule has 1 N–H and O–H groups in total. The van der Waals surface area contributed by atoms with Gasteiger partial charge in [-0.3, -0.25) is 0 Å². The lowest BCUT2D eigenvalue weighted by Crippen LogP contribution is -2.40. The van der Waals surface area contributed by atoms with Crippen molar-refractivity contribution >= 4 is 32.1 Å². The number of nitrogens with one attached hydrogen (secondary N) is 1. The van der Waals surface area contributed by atoms with Crippen LogP contribution in [0.5, 0.6) is 0 Å². The van der Waals surface area contributed by atoms with Crippen molar-refractivity contribution in [2.45, 2.75) is 37.0 Å². The van der Waals surface area contributed by atoms with Gasteiger partial charge in [0.1, 0.15) is 11.2 Å². The zero-order chi connectivity index (χ0) is 16.3. The fraction of sp³-hybridized carbons (Fsp3) is 0.500. The number of fused-ring (bicyclic) bond motifs is 3. The number of sulfonamides is 1. The molecule has 0 spiro atoms. The summed E-state index contributed by atoms with van der Waals surface area (Å²) in [7, 11) is -3.06. The monoisotopic (exact) mass is 345 g/mol. The number of imidazole rings is 1. The Labute approximate surface area is 139 Å². The van der Waals surface area contributed by atoms with Crippen molar-refractivity contribution in [2.24, 2.45) is 0 Å². The molecule has 0 atom stereocenters. The van der Waals surface area contributed by atoms with Crippen LogP contribution in [-0.4, -0.2) is 50.6 Å². The van der Waals surface area contributed by atoms with E-state index in [0.29, 0.717) is 13.1 Å². The smallest absolute Gasteiger partial charge is 0.216 e. The Hall–Kier alpha value is -1.93. The molecule has 1 aliphatic carbocycles. The summed E-state index contributed by atoms with van der Waals surface area (Å²) in [6.07, 6.45) is 8.85. The molecule has 0 unspecified atom stereocenters. The summed E-state index contributed by atoms with van der Waals surface area (Å²) in [5.74, 6) is 0. The average Bonchev–Trinajstić information content (AvgIpc) is 3.20. The van der Waals surface area contributed by atoms with Gasteiger partial charge in [0.2, 0.25) is 10.0 Å². The quantitative estimate of drug-likeness (QED) is 0.787. The molecule has 4 heterocycles. The molecule has 0 aromatic carbocycles. The lowest BCUT2D eigenvalue weighted by molar-refractivity contribution is 0.277. The van der Waals surface area contributed by atoms with Crippen LogP contribution >= 0.6 is 0 Å². The molecular weight excluding hydrogens is 326 g/mol. The van der Waals surface area contributed by atoms with E-state index in [1.807, 2.05) is 18.6 Å². The number of H-pyrrole nitrogens is 1. The topological polar surface area (TPSA) is 83.9 Å². The molecule has 5 rings (SSSR count). The molecule has 0 bridgehead atoms. The van der Waals surface area contributed by atoms with Gasteiger partial charge in [0.25, 0.3) is 0 Å². The summed E-state index contributed by atoms with van der Waals surface area (Å²) >= 11 is 0. The van der Waals surface area contributed by atoms with Crippen molar-refractivity contribution in [3.63, 3.8) is 0 Å². The van der Waals surface area contributed by atoms with Gasteiger partial charge in [-0.1, -0.05) is 0 Å². The number of pyridine rings is 1. The van der Waals surface area contributed by atoms with E-state index in [-0.39, 0.29) is 11.3 Å². The molecule has 1 saturated carbocycles. The number of hydrogen-bond acceptors (Lipinski definition) is 4. The maximum Gasteiger partial charge on any atom is 0.216 e. The van der Waals surface area contributed by atoms with Crippen molar-refractivity contribution in [3.8, 4) is 0 Å². The van der Waals surface area contributed by atoms with Crippen LogP contribution in [0.25, 0.3) is 22.1 Å². The number of rotatable bonds is 3. The Morgan fingerprint density at radius 1 is 1.12 bits per heavy atom. The van der Waals surface area contributed by atoms with Gasteiger partial charge in [0.15, 0.2) is 0 Å². The van der Waals surface area contributed by atoms with Gasteiger partial charge >= 0.3 is 0 Å². The van der Waals surface area contributed by atoms with Gasteiger partial charge in [-0.2, -0.15) is 0 Å². The van der Waals surface area contributed by atoms with Crippen LogP contribution in [0.2, 0.25) is 0 Å². The summed E-state index contributed by atoms with van der Waals surface area (Å²) in [6.45, 7) is 1.20. The van der Waals surface area contributed by atoms with Crippen molar-refractivity contribution < 1.29 is 8.42 Å². The summed E-state index contributed by atoms with van der Waals surface area (Å²) in [5, 5.41) is 0.951. The molecule has 2 fully saturated rings. The highest BCUT2D eigenvalue weighted by atomic mass is 32.2. The first kappa shape index (κ1) is 14.4. The van der Waals surface area contributed by atoms with E-state index in [0.717, 1.165) is 47.8 Å². The molecular formula is C16H19N5O2S. The summed E-state index contributed by atoms with van der Waals surface area (Å²) < 4.78 is 28.7. The Bertz CT molecular complexity index is 1010. The third-order valence-electron chi connectivity index (χ3n) is 5.24. The molecule has 1 aliphatic heterocycles. The molecule has 7 nitrogen and oxygen atoms in total. The van der Waals surface area contributed by atoms with Crippen LogP contribution in [-0.2, 0) is 10.0 Å². The predicted octanol–water partition coefficient (Wildman–Crippen LogP) is 2.04. The van der Waals surface area contributed by atoms with Crippen LogP contribution in [0.15, 0.2) is 24.8 Å². The zero-order valence-electron chi connectivity index (χ0n) is 13.2. The van der Waals surface area contributed by atoms with E-state index in [1.54, 1.807) is 10.5 Å². The van der Waals surface area contributed by atoms with E-state index in [1.165, 1.54) is 0 Å². The van der Waals surface area contributed by atoms with Gasteiger partial charge in [-0.05, 0) is 31.7 Å². The zero-order valence-corrected chi connectivity index (χ0v) is 14.0. The number of aromatic nitrogens is 4. The molecule has 8 heteroatoms. The normalized spacial score (nSPS) is 21.0. The number of nitrogens with zero attached hydrogens (tertiary/aromatic N) is 4. The highest BCUT2D eigenvalue weighted by Crippen LogP contribution is 2.35. The lowest BCUT2D eigenvalue weighted by atomic mass is 10.1.